The van der Waals surface area contributed by atoms with Gasteiger partial charge in [0.25, 0.3) is 0 Å². The van der Waals surface area contributed by atoms with Gasteiger partial charge in [0, 0.05) is 16.5 Å². The first-order valence-electron chi connectivity index (χ1n) is 18.2. The summed E-state index contributed by atoms with van der Waals surface area (Å²) in [6.07, 6.45) is 0. The lowest BCUT2D eigenvalue weighted by molar-refractivity contribution is 0.487. The highest BCUT2D eigenvalue weighted by Crippen LogP contribution is 2.54. The average molecular weight is 673 g/mol. The second kappa shape index (κ2) is 11.8. The number of rotatable bonds is 4. The molecule has 1 heterocycles. The summed E-state index contributed by atoms with van der Waals surface area (Å²) in [5.74, 6) is 1.78. The van der Waals surface area contributed by atoms with Gasteiger partial charge in [-0.3, -0.25) is 0 Å². The number of ether oxygens (including phenoxy) is 1. The molecule has 0 atom stereocenters. The second-order valence-electron chi connectivity index (χ2n) is 14.0. The molecule has 53 heavy (non-hydrogen) atoms. The number of benzene rings is 10. The Morgan fingerprint density at radius 2 is 0.887 bits per heavy atom. The minimum Gasteiger partial charge on any atom is -0.456 e. The summed E-state index contributed by atoms with van der Waals surface area (Å²) in [6.45, 7) is 0. The first kappa shape index (κ1) is 29.7. The monoisotopic (exact) mass is 672 g/mol. The average Bonchev–Trinajstić information content (AvgIpc) is 3.23. The zero-order valence-corrected chi connectivity index (χ0v) is 28.9. The van der Waals surface area contributed by atoms with Crippen molar-refractivity contribution in [3.63, 3.8) is 0 Å². The van der Waals surface area contributed by atoms with E-state index in [-0.39, 0.29) is 0 Å². The Kier molecular flexibility index (Phi) is 6.62. The molecule has 10 aromatic carbocycles. The molecule has 0 saturated heterocycles. The molecule has 1 nitrogen and oxygen atoms in total. The van der Waals surface area contributed by atoms with Crippen LogP contribution >= 0.6 is 0 Å². The molecule has 0 unspecified atom stereocenters. The molecule has 0 radical (unpaired) electrons. The molecule has 0 aromatic heterocycles. The van der Waals surface area contributed by atoms with Crippen LogP contribution in [0.1, 0.15) is 0 Å². The highest BCUT2D eigenvalue weighted by atomic mass is 16.5. The highest BCUT2D eigenvalue weighted by Gasteiger charge is 2.27. The van der Waals surface area contributed by atoms with Gasteiger partial charge < -0.3 is 4.74 Å². The van der Waals surface area contributed by atoms with Crippen LogP contribution in [0.4, 0.5) is 0 Å². The molecule has 0 amide bonds. The van der Waals surface area contributed by atoms with Crippen molar-refractivity contribution < 1.29 is 4.74 Å². The van der Waals surface area contributed by atoms with Gasteiger partial charge in [-0.15, -0.1) is 0 Å². The molecule has 1 heteroatoms. The van der Waals surface area contributed by atoms with E-state index < -0.39 is 0 Å². The second-order valence-corrected chi connectivity index (χ2v) is 14.0. The maximum atomic E-state index is 6.78. The van der Waals surface area contributed by atoms with Crippen molar-refractivity contribution in [2.45, 2.75) is 0 Å². The highest BCUT2D eigenvalue weighted by molar-refractivity contribution is 6.25. The van der Waals surface area contributed by atoms with E-state index in [1.807, 2.05) is 0 Å². The Bertz CT molecular complexity index is 3060. The summed E-state index contributed by atoms with van der Waals surface area (Å²) in [7, 11) is 0. The molecule has 0 saturated carbocycles. The van der Waals surface area contributed by atoms with Crippen molar-refractivity contribution >= 4 is 43.1 Å². The van der Waals surface area contributed by atoms with Crippen LogP contribution in [0, 0.1) is 0 Å². The molecular formula is C52H32O. The molecular weight excluding hydrogens is 641 g/mol. The summed E-state index contributed by atoms with van der Waals surface area (Å²) in [4.78, 5) is 0. The van der Waals surface area contributed by atoms with E-state index in [4.69, 9.17) is 4.74 Å². The van der Waals surface area contributed by atoms with Crippen molar-refractivity contribution in [2.24, 2.45) is 0 Å². The van der Waals surface area contributed by atoms with Crippen molar-refractivity contribution in [1.29, 1.82) is 0 Å². The van der Waals surface area contributed by atoms with Crippen molar-refractivity contribution in [1.82, 2.24) is 0 Å². The molecule has 0 bridgehead atoms. The van der Waals surface area contributed by atoms with E-state index >= 15 is 0 Å². The summed E-state index contributed by atoms with van der Waals surface area (Å²) < 4.78 is 6.78. The van der Waals surface area contributed by atoms with Crippen molar-refractivity contribution in [3.8, 4) is 67.1 Å². The standard InChI is InChI=1S/C52H32O/c1-3-11-33(12-4-1)40-26-28-46-49(32-40)53-48-20-10-19-44-47-31-39(25-27-45(47)50(52(46)51(44)48)35-14-5-2-6-15-35)37-21-22-38-30-41(24-23-36(38)29-37)43-18-9-16-34-13-7-8-17-42(34)43/h1-32H. The van der Waals surface area contributed by atoms with E-state index in [1.54, 1.807) is 0 Å². The summed E-state index contributed by atoms with van der Waals surface area (Å²) in [6, 6.07) is 70.4. The fourth-order valence-electron chi connectivity index (χ4n) is 8.51. The van der Waals surface area contributed by atoms with Gasteiger partial charge in [0.15, 0.2) is 0 Å². The van der Waals surface area contributed by atoms with E-state index in [9.17, 15) is 0 Å². The summed E-state index contributed by atoms with van der Waals surface area (Å²) in [5.41, 5.74) is 12.0. The van der Waals surface area contributed by atoms with Crippen LogP contribution in [0.3, 0.4) is 0 Å². The molecule has 0 aliphatic carbocycles. The predicted molar refractivity (Wildman–Crippen MR) is 224 cm³/mol. The van der Waals surface area contributed by atoms with Gasteiger partial charge in [-0.25, -0.2) is 0 Å². The van der Waals surface area contributed by atoms with Crippen molar-refractivity contribution in [3.05, 3.63) is 194 Å². The summed E-state index contributed by atoms with van der Waals surface area (Å²) in [5, 5.41) is 9.83. The Balaban J connectivity index is 1.09. The normalized spacial score (nSPS) is 11.9. The van der Waals surface area contributed by atoms with Crippen molar-refractivity contribution in [2.75, 3.05) is 0 Å². The van der Waals surface area contributed by atoms with Crippen LogP contribution in [-0.2, 0) is 0 Å². The maximum absolute atomic E-state index is 6.78. The number of hydrogen-bond acceptors (Lipinski definition) is 1. The van der Waals surface area contributed by atoms with Gasteiger partial charge in [-0.1, -0.05) is 158 Å². The summed E-state index contributed by atoms with van der Waals surface area (Å²) >= 11 is 0. The smallest absolute Gasteiger partial charge is 0.135 e. The zero-order valence-electron chi connectivity index (χ0n) is 28.9. The van der Waals surface area contributed by atoms with Gasteiger partial charge in [-0.05, 0) is 119 Å². The van der Waals surface area contributed by atoms with Gasteiger partial charge >= 0.3 is 0 Å². The number of hydrogen-bond donors (Lipinski definition) is 0. The van der Waals surface area contributed by atoms with Gasteiger partial charge in [0.05, 0.1) is 0 Å². The van der Waals surface area contributed by atoms with E-state index in [0.29, 0.717) is 0 Å². The fraction of sp³-hybridized carbons (Fsp3) is 0. The largest absolute Gasteiger partial charge is 0.456 e. The molecule has 0 fully saturated rings. The first-order valence-corrected chi connectivity index (χ1v) is 18.2. The van der Waals surface area contributed by atoms with Gasteiger partial charge in [0.1, 0.15) is 11.5 Å². The van der Waals surface area contributed by atoms with Gasteiger partial charge in [0.2, 0.25) is 0 Å². The molecule has 0 N–H and O–H groups in total. The predicted octanol–water partition coefficient (Wildman–Crippen LogP) is 14.7. The third-order valence-electron chi connectivity index (χ3n) is 11.0. The first-order chi connectivity index (χ1) is 26.3. The Labute approximate surface area is 308 Å². The lowest BCUT2D eigenvalue weighted by atomic mass is 9.82. The van der Waals surface area contributed by atoms with E-state index in [2.05, 4.69) is 194 Å². The third-order valence-corrected chi connectivity index (χ3v) is 11.0. The lowest BCUT2D eigenvalue weighted by Crippen LogP contribution is -2.01. The van der Waals surface area contributed by atoms with Crippen LogP contribution in [0.15, 0.2) is 194 Å². The van der Waals surface area contributed by atoms with Gasteiger partial charge in [-0.2, -0.15) is 0 Å². The zero-order chi connectivity index (χ0) is 34.9. The molecule has 1 aliphatic heterocycles. The van der Waals surface area contributed by atoms with Crippen LogP contribution in [0.2, 0.25) is 0 Å². The molecule has 0 spiro atoms. The molecule has 1 aliphatic rings. The molecule has 246 valence electrons. The van der Waals surface area contributed by atoms with E-state index in [1.165, 1.54) is 82.2 Å². The Hall–Kier alpha value is -6.96. The fourth-order valence-corrected chi connectivity index (χ4v) is 8.51. The topological polar surface area (TPSA) is 9.23 Å². The van der Waals surface area contributed by atoms with Crippen LogP contribution in [0.25, 0.3) is 98.7 Å². The van der Waals surface area contributed by atoms with Crippen LogP contribution < -0.4 is 4.74 Å². The third kappa shape index (κ3) is 4.79. The minimum absolute atomic E-state index is 0.888. The SMILES string of the molecule is c1ccc(-c2ccc3c(c2)Oc2cccc4c2c-3c(-c2ccccc2)c2ccc(-c3ccc5cc(-c6cccc7ccccc67)ccc5c3)cc24)cc1. The minimum atomic E-state index is 0.888. The molecule has 11 rings (SSSR count). The quantitative estimate of drug-likeness (QED) is 0.169. The Morgan fingerprint density at radius 1 is 0.264 bits per heavy atom. The maximum Gasteiger partial charge on any atom is 0.135 e. The van der Waals surface area contributed by atoms with Crippen LogP contribution in [0.5, 0.6) is 11.5 Å². The lowest BCUT2D eigenvalue weighted by Gasteiger charge is -2.26. The van der Waals surface area contributed by atoms with Crippen LogP contribution in [-0.4, -0.2) is 0 Å². The molecule has 10 aromatic rings. The Morgan fingerprint density at radius 3 is 1.74 bits per heavy atom. The number of fused-ring (bicyclic) bond motifs is 6. The van der Waals surface area contributed by atoms with E-state index in [0.717, 1.165) is 28.0 Å².